The Labute approximate surface area is 368 Å². The Morgan fingerprint density at radius 1 is 0.456 bits per heavy atom. The summed E-state index contributed by atoms with van der Waals surface area (Å²) >= 11 is 19.1. The average Bonchev–Trinajstić information content (AvgIpc) is 3.69. The van der Waals surface area contributed by atoms with Crippen molar-refractivity contribution in [3.63, 3.8) is 0 Å². The van der Waals surface area contributed by atoms with Crippen LogP contribution in [0.2, 0.25) is 0 Å². The van der Waals surface area contributed by atoms with Crippen LogP contribution in [-0.4, -0.2) is 17.0 Å². The number of aromatic nitrogens is 1. The standard InChI is InChI=1S/C36H28OP2.C9H7NO.2CH2Cl2.Cu/c1-5-17-29(18-6-1)38(30-19-7-2-8-20-30)35-27-15-13-25-33(35)37-34-26-14-16-28-36(34)39(31-21-9-3-10-22-31)32-23-11-4-12-24-32;11-6-8-5-7-3-1-2-4-9(7)10-8;2*2-1-3;/h1-28H;1-6H,(H,10,11);2*1H2;/q;;;;+1/p+1. The molecule has 10 heteroatoms. The van der Waals surface area contributed by atoms with Crippen LogP contribution in [0, 0.1) is 0 Å². The van der Waals surface area contributed by atoms with Gasteiger partial charge in [0, 0.05) is 0 Å². The van der Waals surface area contributed by atoms with E-state index in [1.165, 1.54) is 31.8 Å². The van der Waals surface area contributed by atoms with Crippen molar-refractivity contribution >= 4 is 111 Å². The maximum atomic E-state index is 10.3. The molecule has 0 spiro atoms. The first-order chi connectivity index (χ1) is 27.6. The molecular formula is C47H40Cl4CuNO2P2+2. The van der Waals surface area contributed by atoms with Gasteiger partial charge in [-0.15, -0.1) is 51.9 Å². The van der Waals surface area contributed by atoms with Crippen LogP contribution in [0.25, 0.3) is 10.9 Å². The molecule has 0 aliphatic carbocycles. The summed E-state index contributed by atoms with van der Waals surface area (Å²) in [4.78, 5) is 14.4. The van der Waals surface area contributed by atoms with Gasteiger partial charge in [-0.25, -0.2) is 0 Å². The maximum Gasteiger partial charge on any atom is 1.00 e. The Morgan fingerprint density at radius 2 is 0.772 bits per heavy atom. The Kier molecular flexibility index (Phi) is 20.4. The van der Waals surface area contributed by atoms with E-state index in [4.69, 9.17) is 51.1 Å². The van der Waals surface area contributed by atoms with Gasteiger partial charge in [0.15, 0.2) is 11.5 Å². The topological polar surface area (TPSA) is 40.4 Å². The van der Waals surface area contributed by atoms with Gasteiger partial charge < -0.3 is 9.72 Å². The number of carbonyl (C=O) groups excluding carboxylic acids is 1. The maximum absolute atomic E-state index is 10.3. The monoisotopic (exact) mass is 915 g/mol. The van der Waals surface area contributed by atoms with E-state index in [0.717, 1.165) is 28.7 Å². The number of alkyl halides is 4. The predicted octanol–water partition coefficient (Wildman–Crippen LogP) is 10.9. The van der Waals surface area contributed by atoms with E-state index in [1.807, 2.05) is 24.3 Å². The molecule has 1 heterocycles. The van der Waals surface area contributed by atoms with Gasteiger partial charge in [-0.1, -0.05) is 133 Å². The molecule has 7 aromatic carbocycles. The molecule has 0 unspecified atom stereocenters. The molecule has 8 aromatic rings. The van der Waals surface area contributed by atoms with E-state index < -0.39 is 15.8 Å². The molecule has 0 atom stereocenters. The third kappa shape index (κ3) is 13.3. The molecule has 0 bridgehead atoms. The number of rotatable bonds is 9. The Balaban J connectivity index is 0.000000334. The van der Waals surface area contributed by atoms with Crippen molar-refractivity contribution in [1.82, 2.24) is 4.98 Å². The van der Waals surface area contributed by atoms with Gasteiger partial charge in [0.2, 0.25) is 0 Å². The van der Waals surface area contributed by atoms with E-state index in [9.17, 15) is 4.79 Å². The minimum atomic E-state index is -1.28. The van der Waals surface area contributed by atoms with Gasteiger partial charge in [-0.2, -0.15) is 0 Å². The largest absolute Gasteiger partial charge is 1.00 e. The summed E-state index contributed by atoms with van der Waals surface area (Å²) in [5, 5.41) is 9.29. The van der Waals surface area contributed by atoms with Crippen LogP contribution in [0.3, 0.4) is 0 Å². The molecule has 0 aliphatic heterocycles. The zero-order valence-corrected chi connectivity index (χ0v) is 36.6. The number of halogens is 4. The molecule has 1 aromatic heterocycles. The second-order valence-corrected chi connectivity index (χ2v) is 18.4. The molecule has 0 N–H and O–H groups in total. The molecule has 0 radical (unpaired) electrons. The van der Waals surface area contributed by atoms with Crippen LogP contribution >= 0.6 is 62.2 Å². The van der Waals surface area contributed by atoms with Crippen LogP contribution < -0.4 is 41.5 Å². The molecule has 0 saturated heterocycles. The molecule has 8 rings (SSSR count). The number of fused-ring (bicyclic) bond motifs is 1. The molecule has 0 fully saturated rings. The first-order valence-electron chi connectivity index (χ1n) is 17.7. The third-order valence-corrected chi connectivity index (χ3v) is 13.9. The summed E-state index contributed by atoms with van der Waals surface area (Å²) in [5.74, 6) is 1.85. The van der Waals surface area contributed by atoms with E-state index in [2.05, 4.69) is 175 Å². The Hall–Kier alpha value is -3.91. The van der Waals surface area contributed by atoms with E-state index in [1.54, 1.807) is 6.07 Å². The summed E-state index contributed by atoms with van der Waals surface area (Å²) in [6.45, 7) is 0. The van der Waals surface area contributed by atoms with Crippen LogP contribution in [0.5, 0.6) is 11.5 Å². The van der Waals surface area contributed by atoms with Crippen molar-refractivity contribution < 1.29 is 26.6 Å². The zero-order chi connectivity index (χ0) is 39.4. The first kappa shape index (κ1) is 45.8. The van der Waals surface area contributed by atoms with Crippen LogP contribution in [0.15, 0.2) is 200 Å². The third-order valence-electron chi connectivity index (χ3n) is 8.39. The van der Waals surface area contributed by atoms with Gasteiger partial charge in [0.1, 0.15) is 54.0 Å². The van der Waals surface area contributed by atoms with Crippen molar-refractivity contribution in [2.45, 2.75) is 0 Å². The Bertz CT molecular complexity index is 2100. The second-order valence-electron chi connectivity index (χ2n) is 11.9. The number of para-hydroxylation sites is 3. The summed E-state index contributed by atoms with van der Waals surface area (Å²) in [5.41, 5.74) is 1.39. The number of hydrogen-bond donors (Lipinski definition) is 0. The van der Waals surface area contributed by atoms with Gasteiger partial charge in [-0.05, 0) is 78.2 Å². The molecular weight excluding hydrogens is 878 g/mol. The van der Waals surface area contributed by atoms with Gasteiger partial charge in [0.05, 0.1) is 10.7 Å². The summed E-state index contributed by atoms with van der Waals surface area (Å²) in [6, 6.07) is 70.0. The minimum absolute atomic E-state index is 0. The van der Waals surface area contributed by atoms with Gasteiger partial charge in [-0.3, -0.25) is 4.79 Å². The normalized spacial score (nSPS) is 10.1. The number of benzene rings is 7. The number of ether oxygens (including phenoxy) is 1. The van der Waals surface area contributed by atoms with Crippen molar-refractivity contribution in [2.24, 2.45) is 0 Å². The molecule has 3 nitrogen and oxygen atoms in total. The van der Waals surface area contributed by atoms with Crippen molar-refractivity contribution in [3.8, 4) is 11.5 Å². The molecule has 57 heavy (non-hydrogen) atoms. The van der Waals surface area contributed by atoms with Gasteiger partial charge in [0.25, 0.3) is 0 Å². The summed E-state index contributed by atoms with van der Waals surface area (Å²) in [6.07, 6.45) is 0.764. The van der Waals surface area contributed by atoms with Gasteiger partial charge >= 0.3 is 17.1 Å². The van der Waals surface area contributed by atoms with Crippen molar-refractivity contribution in [1.29, 1.82) is 0 Å². The van der Waals surface area contributed by atoms with E-state index in [-0.39, 0.29) is 27.7 Å². The molecule has 0 aliphatic rings. The van der Waals surface area contributed by atoms with Crippen molar-refractivity contribution in [3.05, 3.63) is 206 Å². The molecule has 292 valence electrons. The van der Waals surface area contributed by atoms with Crippen molar-refractivity contribution in [2.75, 3.05) is 10.7 Å². The zero-order valence-electron chi connectivity index (χ0n) is 30.6. The fourth-order valence-corrected chi connectivity index (χ4v) is 11.4. The average molecular weight is 918 g/mol. The summed E-state index contributed by atoms with van der Waals surface area (Å²) < 4.78 is 6.94. The van der Waals surface area contributed by atoms with Crippen LogP contribution in [-0.2, 0) is 17.1 Å². The Morgan fingerprint density at radius 3 is 1.12 bits per heavy atom. The quantitative estimate of drug-likeness (QED) is 0.0627. The number of hydrogen-bond acceptors (Lipinski definition) is 2. The SMILES string of the molecule is ClCCl.ClCCl.O=Cc1cc2ccccc2[n-]1.[Cu+].c1ccc([PH+](c2ccccc2)c2ccccc2Oc2ccccc2[PH+](c2ccccc2)c2ccccc2)cc1. The summed E-state index contributed by atoms with van der Waals surface area (Å²) in [7, 11) is -2.56. The predicted molar refractivity (Wildman–Crippen MR) is 249 cm³/mol. The molecule has 0 saturated carbocycles. The minimum Gasteiger partial charge on any atom is -0.655 e. The smallest absolute Gasteiger partial charge is 0.655 e. The second kappa shape index (κ2) is 25.5. The number of carbonyl (C=O) groups is 1. The van der Waals surface area contributed by atoms with E-state index in [0.29, 0.717) is 5.69 Å². The van der Waals surface area contributed by atoms with E-state index >= 15 is 0 Å². The van der Waals surface area contributed by atoms with Crippen LogP contribution in [0.4, 0.5) is 0 Å². The number of aldehydes is 1. The van der Waals surface area contributed by atoms with Crippen LogP contribution in [0.1, 0.15) is 10.5 Å². The fourth-order valence-electron chi connectivity index (χ4n) is 6.12. The molecule has 0 amide bonds. The fraction of sp³-hybridized carbons (Fsp3) is 0.0426. The number of nitrogens with zero attached hydrogens (tertiary/aromatic N) is 1. The first-order valence-corrected chi connectivity index (χ1v) is 22.8.